The molecule has 2 aliphatic rings. The normalized spacial score (nSPS) is 25.0. The first-order valence-corrected chi connectivity index (χ1v) is 7.14. The molecule has 22 heavy (non-hydrogen) atoms. The van der Waals surface area contributed by atoms with E-state index in [-0.39, 0.29) is 22.7 Å². The fourth-order valence-electron chi connectivity index (χ4n) is 2.99. The average Bonchev–Trinajstić information content (AvgIpc) is 2.65. The van der Waals surface area contributed by atoms with Crippen LogP contribution in [-0.2, 0) is 9.53 Å². The van der Waals surface area contributed by atoms with Crippen LogP contribution in [0.5, 0.6) is 0 Å². The number of anilines is 1. The lowest BCUT2D eigenvalue weighted by Gasteiger charge is -2.24. The minimum atomic E-state index is -0.827. The Balaban J connectivity index is 1.93. The largest absolute Gasteiger partial charge is 0.398 e. The molecule has 1 aromatic rings. The van der Waals surface area contributed by atoms with Crippen molar-refractivity contribution >= 4 is 23.4 Å². The third kappa shape index (κ3) is 2.14. The van der Waals surface area contributed by atoms with E-state index in [2.05, 4.69) is 5.32 Å². The topological polar surface area (TPSA) is 102 Å². The number of nitrogens with two attached hydrogens (primary N) is 1. The summed E-state index contributed by atoms with van der Waals surface area (Å²) in [6, 6.07) is 3.92. The van der Waals surface area contributed by atoms with E-state index >= 15 is 0 Å². The van der Waals surface area contributed by atoms with Crippen molar-refractivity contribution in [2.24, 2.45) is 0 Å². The molecule has 0 aliphatic carbocycles. The Hall–Kier alpha value is -2.41. The van der Waals surface area contributed by atoms with Gasteiger partial charge in [-0.25, -0.2) is 0 Å². The number of nitrogens with one attached hydrogen (secondary N) is 1. The van der Waals surface area contributed by atoms with E-state index in [1.807, 2.05) is 0 Å². The summed E-state index contributed by atoms with van der Waals surface area (Å²) < 4.78 is 5.15. The maximum Gasteiger partial charge on any atom is 0.264 e. The Morgan fingerprint density at radius 1 is 1.23 bits per heavy atom. The first-order valence-electron chi connectivity index (χ1n) is 7.14. The number of methoxy groups -OCH3 is 1. The van der Waals surface area contributed by atoms with Crippen molar-refractivity contribution in [2.45, 2.75) is 31.5 Å². The third-order valence-corrected chi connectivity index (χ3v) is 4.12. The Labute approximate surface area is 127 Å². The molecule has 1 saturated heterocycles. The van der Waals surface area contributed by atoms with Crippen LogP contribution in [0.2, 0.25) is 0 Å². The smallest absolute Gasteiger partial charge is 0.264 e. The predicted molar refractivity (Wildman–Crippen MR) is 77.9 cm³/mol. The predicted octanol–water partition coefficient (Wildman–Crippen LogP) is 0.506. The molecule has 0 saturated carbocycles. The van der Waals surface area contributed by atoms with Gasteiger partial charge in [0.1, 0.15) is 12.3 Å². The molecule has 0 bridgehead atoms. The van der Waals surface area contributed by atoms with E-state index in [4.69, 9.17) is 10.5 Å². The first-order chi connectivity index (χ1) is 10.5. The lowest BCUT2D eigenvalue weighted by atomic mass is 10.1. The van der Waals surface area contributed by atoms with Gasteiger partial charge in [-0.05, 0) is 31.4 Å². The molecule has 3 N–H and O–H groups in total. The van der Waals surface area contributed by atoms with Gasteiger partial charge in [0.15, 0.2) is 0 Å². The minimum Gasteiger partial charge on any atom is -0.398 e. The van der Waals surface area contributed by atoms with Crippen molar-refractivity contribution in [1.29, 1.82) is 0 Å². The van der Waals surface area contributed by atoms with E-state index in [1.165, 1.54) is 7.11 Å². The lowest BCUT2D eigenvalue weighted by molar-refractivity contribution is -0.127. The zero-order valence-electron chi connectivity index (χ0n) is 12.2. The number of hydrogen-bond donors (Lipinski definition) is 2. The summed E-state index contributed by atoms with van der Waals surface area (Å²) in [5.74, 6) is -1.35. The van der Waals surface area contributed by atoms with E-state index in [9.17, 15) is 14.4 Å². The highest BCUT2D eigenvalue weighted by molar-refractivity contribution is 6.24. The summed E-state index contributed by atoms with van der Waals surface area (Å²) in [5, 5.41) is 2.70. The Bertz CT molecular complexity index is 658. The highest BCUT2D eigenvalue weighted by atomic mass is 16.5. The van der Waals surface area contributed by atoms with E-state index in [0.717, 1.165) is 4.90 Å². The van der Waals surface area contributed by atoms with Crippen LogP contribution in [-0.4, -0.2) is 42.0 Å². The van der Waals surface area contributed by atoms with Gasteiger partial charge in [-0.15, -0.1) is 0 Å². The van der Waals surface area contributed by atoms with Crippen LogP contribution in [0.3, 0.4) is 0 Å². The molecule has 116 valence electrons. The number of nitrogens with zero attached hydrogens (tertiary/aromatic N) is 1. The van der Waals surface area contributed by atoms with Crippen molar-refractivity contribution in [1.82, 2.24) is 10.2 Å². The molecule has 0 aromatic heterocycles. The molecule has 2 heterocycles. The second-order valence-electron chi connectivity index (χ2n) is 5.43. The first kappa shape index (κ1) is 14.5. The summed E-state index contributed by atoms with van der Waals surface area (Å²) in [6.07, 6.45) is 1.34. The summed E-state index contributed by atoms with van der Waals surface area (Å²) in [6.45, 7) is 0. The number of rotatable bonds is 2. The van der Waals surface area contributed by atoms with Crippen molar-refractivity contribution in [3.05, 3.63) is 29.3 Å². The van der Waals surface area contributed by atoms with Crippen LogP contribution in [0.4, 0.5) is 5.69 Å². The average molecular weight is 303 g/mol. The molecule has 0 radical (unpaired) electrons. The van der Waals surface area contributed by atoms with E-state index in [1.54, 1.807) is 18.2 Å². The van der Waals surface area contributed by atoms with Crippen LogP contribution in [0.1, 0.15) is 40.0 Å². The van der Waals surface area contributed by atoms with Gasteiger partial charge in [0.05, 0.1) is 11.1 Å². The Morgan fingerprint density at radius 3 is 2.68 bits per heavy atom. The van der Waals surface area contributed by atoms with Crippen LogP contribution in [0.15, 0.2) is 18.2 Å². The highest BCUT2D eigenvalue weighted by Gasteiger charge is 2.44. The van der Waals surface area contributed by atoms with Gasteiger partial charge in [-0.3, -0.25) is 19.3 Å². The maximum atomic E-state index is 12.5. The van der Waals surface area contributed by atoms with Gasteiger partial charge in [-0.2, -0.15) is 0 Å². The Kier molecular flexibility index (Phi) is 3.58. The van der Waals surface area contributed by atoms with Crippen molar-refractivity contribution in [2.75, 3.05) is 12.8 Å². The lowest BCUT2D eigenvalue weighted by Crippen LogP contribution is -2.50. The number of hydrogen-bond acceptors (Lipinski definition) is 5. The molecule has 2 atom stereocenters. The van der Waals surface area contributed by atoms with Gasteiger partial charge >= 0.3 is 0 Å². The quantitative estimate of drug-likeness (QED) is 0.612. The fourth-order valence-corrected chi connectivity index (χ4v) is 2.99. The van der Waals surface area contributed by atoms with E-state index < -0.39 is 24.1 Å². The third-order valence-electron chi connectivity index (χ3n) is 4.12. The standard InChI is InChI=1S/C15H17N3O4/c1-22-11-7-3-6-10(13(19)17-11)18-14(20)8-4-2-5-9(16)12(8)15(18)21/h2,4-5,10-11H,3,6-7,16H2,1H3,(H,17,19)/t10-,11?/m0/s1. The molecule has 1 unspecified atom stereocenters. The molecule has 7 heteroatoms. The molecular formula is C15H17N3O4. The summed E-state index contributed by atoms with van der Waals surface area (Å²) >= 11 is 0. The van der Waals surface area contributed by atoms with Crippen LogP contribution < -0.4 is 11.1 Å². The number of amides is 3. The number of nitrogen functional groups attached to an aromatic ring is 1. The number of imide groups is 1. The fraction of sp³-hybridized carbons (Fsp3) is 0.400. The zero-order chi connectivity index (χ0) is 15.9. The zero-order valence-corrected chi connectivity index (χ0v) is 12.2. The summed E-state index contributed by atoms with van der Waals surface area (Å²) in [7, 11) is 1.51. The Morgan fingerprint density at radius 2 is 2.00 bits per heavy atom. The number of carbonyl (C=O) groups is 3. The van der Waals surface area contributed by atoms with E-state index in [0.29, 0.717) is 19.3 Å². The molecule has 3 rings (SSSR count). The number of fused-ring (bicyclic) bond motifs is 1. The molecule has 7 nitrogen and oxygen atoms in total. The number of ether oxygens (including phenoxy) is 1. The van der Waals surface area contributed by atoms with Crippen molar-refractivity contribution < 1.29 is 19.1 Å². The molecule has 1 fully saturated rings. The summed E-state index contributed by atoms with van der Waals surface area (Å²) in [5.41, 5.74) is 6.50. The van der Waals surface area contributed by atoms with Crippen LogP contribution in [0.25, 0.3) is 0 Å². The second kappa shape index (κ2) is 5.42. The molecule has 0 spiro atoms. The van der Waals surface area contributed by atoms with Crippen molar-refractivity contribution in [3.8, 4) is 0 Å². The number of benzene rings is 1. The number of carbonyl (C=O) groups excluding carboxylic acids is 3. The summed E-state index contributed by atoms with van der Waals surface area (Å²) in [4.78, 5) is 38.4. The minimum absolute atomic E-state index is 0.188. The van der Waals surface area contributed by atoms with Gasteiger partial charge in [0.2, 0.25) is 5.91 Å². The van der Waals surface area contributed by atoms with Crippen LogP contribution in [0, 0.1) is 0 Å². The highest BCUT2D eigenvalue weighted by Crippen LogP contribution is 2.31. The second-order valence-corrected chi connectivity index (χ2v) is 5.43. The van der Waals surface area contributed by atoms with Gasteiger partial charge < -0.3 is 15.8 Å². The maximum absolute atomic E-state index is 12.5. The molecule has 1 aromatic carbocycles. The molecular weight excluding hydrogens is 286 g/mol. The SMILES string of the molecule is COC1CCC[C@H](N2C(=O)c3cccc(N)c3C2=O)C(=O)N1. The van der Waals surface area contributed by atoms with Crippen molar-refractivity contribution in [3.63, 3.8) is 0 Å². The van der Waals surface area contributed by atoms with Gasteiger partial charge in [0.25, 0.3) is 11.8 Å². The van der Waals surface area contributed by atoms with Gasteiger partial charge in [0, 0.05) is 12.8 Å². The van der Waals surface area contributed by atoms with Gasteiger partial charge in [-0.1, -0.05) is 6.07 Å². The molecule has 3 amide bonds. The van der Waals surface area contributed by atoms with Crippen LogP contribution >= 0.6 is 0 Å². The monoisotopic (exact) mass is 303 g/mol. The molecule has 2 aliphatic heterocycles.